The highest BCUT2D eigenvalue weighted by Crippen LogP contribution is 2.31. The monoisotopic (exact) mass is 821 g/mol. The molecule has 304 valence electrons. The van der Waals surface area contributed by atoms with Crippen molar-refractivity contribution in [1.82, 2.24) is 44.9 Å². The zero-order chi connectivity index (χ0) is 41.8. The minimum Gasteiger partial charge on any atom is -0.394 e. The lowest BCUT2D eigenvalue weighted by Gasteiger charge is -2.35. The van der Waals surface area contributed by atoms with E-state index in [4.69, 9.17) is 16.7 Å². The fourth-order valence-electron chi connectivity index (χ4n) is 6.69. The fourth-order valence-corrected chi connectivity index (χ4v) is 6.82. The van der Waals surface area contributed by atoms with Crippen LogP contribution in [0.15, 0.2) is 94.8 Å². The average Bonchev–Trinajstić information content (AvgIpc) is 4.02. The maximum atomic E-state index is 14.6. The number of halogens is 2. The SMILES string of the molecule is CC(CO)NC(=O)c1cc(-c2ccc(Cl)cc2)nn(-c2cnn(C)c2)c1=O.O=C(c1cc(Cc2n[nH]c(=O)c3ccccc23)ccc1F)N1CCN(C(=O)C2CC2)CC1. The van der Waals surface area contributed by atoms with E-state index in [9.17, 15) is 28.4 Å². The second kappa shape index (κ2) is 17.5. The van der Waals surface area contributed by atoms with Gasteiger partial charge in [-0.1, -0.05) is 48.0 Å². The minimum atomic E-state index is -0.586. The molecule has 1 saturated carbocycles. The molecule has 0 radical (unpaired) electrons. The van der Waals surface area contributed by atoms with Crippen molar-refractivity contribution in [3.05, 3.63) is 139 Å². The van der Waals surface area contributed by atoms with E-state index in [1.165, 1.54) is 23.0 Å². The molecule has 1 atom stereocenters. The summed E-state index contributed by atoms with van der Waals surface area (Å²) in [5.74, 6) is -1.21. The number of rotatable bonds is 9. The Kier molecular flexibility index (Phi) is 12.1. The molecular weight excluding hydrogens is 781 g/mol. The molecule has 6 aromatic rings. The number of fused-ring (bicyclic) bond motifs is 1. The van der Waals surface area contributed by atoms with E-state index < -0.39 is 23.3 Å². The molecule has 15 nitrogen and oxygen atoms in total. The van der Waals surface area contributed by atoms with Gasteiger partial charge in [0.2, 0.25) is 5.91 Å². The van der Waals surface area contributed by atoms with E-state index in [0.717, 1.165) is 28.5 Å². The van der Waals surface area contributed by atoms with E-state index in [2.05, 4.69) is 25.7 Å². The second-order valence-electron chi connectivity index (χ2n) is 14.5. The Morgan fingerprint density at radius 2 is 1.64 bits per heavy atom. The topological polar surface area (TPSA) is 188 Å². The summed E-state index contributed by atoms with van der Waals surface area (Å²) in [5.41, 5.74) is 2.01. The summed E-state index contributed by atoms with van der Waals surface area (Å²) in [7, 11) is 1.72. The van der Waals surface area contributed by atoms with Crippen molar-refractivity contribution in [1.29, 1.82) is 0 Å². The second-order valence-corrected chi connectivity index (χ2v) is 15.0. The molecule has 3 aromatic carbocycles. The van der Waals surface area contributed by atoms with Gasteiger partial charge in [0.25, 0.3) is 22.9 Å². The first-order chi connectivity index (χ1) is 28.4. The third kappa shape index (κ3) is 9.29. The molecule has 2 fully saturated rings. The first-order valence-corrected chi connectivity index (χ1v) is 19.4. The Balaban J connectivity index is 0.000000182. The van der Waals surface area contributed by atoms with Crippen LogP contribution in [0, 0.1) is 11.7 Å². The van der Waals surface area contributed by atoms with Crippen molar-refractivity contribution in [2.24, 2.45) is 13.0 Å². The van der Waals surface area contributed by atoms with Gasteiger partial charge in [-0.15, -0.1) is 0 Å². The van der Waals surface area contributed by atoms with E-state index in [1.54, 1.807) is 78.5 Å². The third-order valence-corrected chi connectivity index (χ3v) is 10.3. The quantitative estimate of drug-likeness (QED) is 0.195. The number of aliphatic hydroxyl groups is 1. The van der Waals surface area contributed by atoms with Crippen molar-refractivity contribution in [2.45, 2.75) is 32.2 Å². The molecule has 59 heavy (non-hydrogen) atoms. The lowest BCUT2D eigenvalue weighted by molar-refractivity contribution is -0.134. The van der Waals surface area contributed by atoms with Crippen molar-refractivity contribution in [3.8, 4) is 16.9 Å². The van der Waals surface area contributed by atoms with Gasteiger partial charge in [-0.3, -0.25) is 28.7 Å². The van der Waals surface area contributed by atoms with Gasteiger partial charge < -0.3 is 20.2 Å². The number of nitrogens with one attached hydrogen (secondary N) is 2. The van der Waals surface area contributed by atoms with Crippen molar-refractivity contribution < 1.29 is 23.9 Å². The predicted molar refractivity (Wildman–Crippen MR) is 218 cm³/mol. The molecule has 3 amide bonds. The summed E-state index contributed by atoms with van der Waals surface area (Å²) < 4.78 is 17.2. The molecule has 0 bridgehead atoms. The normalized spacial score (nSPS) is 14.4. The number of hydrogen-bond acceptors (Lipinski definition) is 9. The van der Waals surface area contributed by atoms with E-state index >= 15 is 0 Å². The molecule has 4 heterocycles. The highest BCUT2D eigenvalue weighted by molar-refractivity contribution is 6.30. The first kappa shape index (κ1) is 40.7. The van der Waals surface area contributed by atoms with Gasteiger partial charge in [0, 0.05) is 67.6 Å². The largest absolute Gasteiger partial charge is 0.394 e. The number of aryl methyl sites for hydroxylation is 1. The number of aliphatic hydroxyl groups excluding tert-OH is 1. The van der Waals surface area contributed by atoms with Crippen LogP contribution in [-0.4, -0.2) is 101 Å². The lowest BCUT2D eigenvalue weighted by atomic mass is 10.0. The Morgan fingerprint density at radius 3 is 2.31 bits per heavy atom. The summed E-state index contributed by atoms with van der Waals surface area (Å²) in [6.07, 6.45) is 5.36. The van der Waals surface area contributed by atoms with Crippen LogP contribution in [0.5, 0.6) is 0 Å². The van der Waals surface area contributed by atoms with Crippen molar-refractivity contribution >= 4 is 40.1 Å². The lowest BCUT2D eigenvalue weighted by Crippen LogP contribution is -2.51. The van der Waals surface area contributed by atoms with Crippen LogP contribution < -0.4 is 16.4 Å². The van der Waals surface area contributed by atoms with Gasteiger partial charge in [-0.25, -0.2) is 9.49 Å². The highest BCUT2D eigenvalue weighted by atomic mass is 35.5. The van der Waals surface area contributed by atoms with E-state index in [-0.39, 0.29) is 41.0 Å². The summed E-state index contributed by atoms with van der Waals surface area (Å²) in [6, 6.07) is 19.5. The van der Waals surface area contributed by atoms with Gasteiger partial charge in [0.05, 0.1) is 41.3 Å². The number of carbonyl (C=O) groups excluding carboxylic acids is 3. The van der Waals surface area contributed by atoms with Crippen LogP contribution in [-0.2, 0) is 18.3 Å². The fraction of sp³-hybridized carbons (Fsp3) is 0.286. The molecule has 1 saturated heterocycles. The molecule has 1 unspecified atom stereocenters. The molecule has 1 aliphatic heterocycles. The number of H-pyrrole nitrogens is 1. The van der Waals surface area contributed by atoms with Crippen molar-refractivity contribution in [2.75, 3.05) is 32.8 Å². The molecule has 2 aliphatic rings. The Bertz CT molecular complexity index is 2650. The predicted octanol–water partition coefficient (Wildman–Crippen LogP) is 3.74. The Labute approximate surface area is 342 Å². The van der Waals surface area contributed by atoms with Gasteiger partial charge in [-0.2, -0.15) is 20.0 Å². The highest BCUT2D eigenvalue weighted by Gasteiger charge is 2.35. The number of carbonyl (C=O) groups is 3. The van der Waals surface area contributed by atoms with Gasteiger partial charge >= 0.3 is 0 Å². The average molecular weight is 822 g/mol. The van der Waals surface area contributed by atoms with Gasteiger partial charge in [0.1, 0.15) is 17.1 Å². The Hall–Kier alpha value is -6.52. The van der Waals surface area contributed by atoms with Crippen LogP contribution in [0.4, 0.5) is 4.39 Å². The molecule has 0 spiro atoms. The number of amides is 3. The molecule has 17 heteroatoms. The number of hydrogen-bond donors (Lipinski definition) is 3. The smallest absolute Gasteiger partial charge is 0.284 e. The van der Waals surface area contributed by atoms with Gasteiger partial charge in [0.15, 0.2) is 0 Å². The Morgan fingerprint density at radius 1 is 0.949 bits per heavy atom. The maximum Gasteiger partial charge on any atom is 0.284 e. The number of nitrogens with zero attached hydrogens (tertiary/aromatic N) is 7. The van der Waals surface area contributed by atoms with E-state index in [0.29, 0.717) is 65.6 Å². The van der Waals surface area contributed by atoms with Crippen LogP contribution >= 0.6 is 11.6 Å². The third-order valence-electron chi connectivity index (χ3n) is 10.1. The number of aromatic amines is 1. The molecule has 3 aromatic heterocycles. The number of aromatic nitrogens is 6. The van der Waals surface area contributed by atoms with Crippen LogP contribution in [0.1, 0.15) is 51.7 Å². The first-order valence-electron chi connectivity index (χ1n) is 19.0. The zero-order valence-electron chi connectivity index (χ0n) is 32.3. The van der Waals surface area contributed by atoms with E-state index in [1.807, 2.05) is 12.1 Å². The van der Waals surface area contributed by atoms with Crippen LogP contribution in [0.2, 0.25) is 5.02 Å². The number of benzene rings is 3. The maximum absolute atomic E-state index is 14.6. The molecule has 8 rings (SSSR count). The van der Waals surface area contributed by atoms with Gasteiger partial charge in [-0.05, 0) is 61.7 Å². The summed E-state index contributed by atoms with van der Waals surface area (Å²) in [4.78, 5) is 66.1. The number of piperazine rings is 1. The van der Waals surface area contributed by atoms with Crippen LogP contribution in [0.3, 0.4) is 0 Å². The summed E-state index contributed by atoms with van der Waals surface area (Å²) >= 11 is 5.93. The summed E-state index contributed by atoms with van der Waals surface area (Å²) in [6.45, 7) is 3.15. The molecular formula is C42H41ClFN9O6. The molecule has 1 aliphatic carbocycles. The zero-order valence-corrected chi connectivity index (χ0v) is 33.0. The standard InChI is InChI=1S/C24H23FN4O3.C18H18ClN5O3/c25-20-8-5-15(14-21-17-3-1-2-4-18(17)22(30)27-26-21)13-19(20)24(32)29-11-9-28(10-12-29)23(31)16-6-7-16;1-11(10-25)21-17(26)15-7-16(12-3-5-13(19)6-4-12)22-24(18(15)27)14-8-20-23(2)9-14/h1-5,8,13,16H,6-7,9-12,14H2,(H,27,30);3-9,11,25H,10H2,1-2H3,(H,21,26). The summed E-state index contributed by atoms with van der Waals surface area (Å²) in [5, 5.41) is 28.7. The molecule has 3 N–H and O–H groups in total. The van der Waals surface area contributed by atoms with Crippen molar-refractivity contribution in [3.63, 3.8) is 0 Å². The minimum absolute atomic E-state index is 0.0122. The van der Waals surface area contributed by atoms with Crippen LogP contribution in [0.25, 0.3) is 27.7 Å².